The largest absolute Gasteiger partial charge is 0.420 e. The summed E-state index contributed by atoms with van der Waals surface area (Å²) in [5, 5.41) is 0. The zero-order chi connectivity index (χ0) is 21.6. The number of carbonyl (C=O) groups excluding carboxylic acids is 1. The van der Waals surface area contributed by atoms with Crippen LogP contribution in [0.3, 0.4) is 0 Å². The molecule has 0 aliphatic carbocycles. The van der Waals surface area contributed by atoms with Crippen LogP contribution in [-0.4, -0.2) is 29.9 Å². The quantitative estimate of drug-likeness (QED) is 0.485. The first-order valence-electron chi connectivity index (χ1n) is 10.5. The molecule has 1 saturated heterocycles. The van der Waals surface area contributed by atoms with E-state index in [1.807, 2.05) is 74.5 Å². The van der Waals surface area contributed by atoms with Gasteiger partial charge in [-0.15, -0.1) is 0 Å². The molecule has 1 heterocycles. The van der Waals surface area contributed by atoms with Crippen molar-refractivity contribution in [2.45, 2.75) is 13.8 Å². The summed E-state index contributed by atoms with van der Waals surface area (Å²) in [6, 6.07) is 28.9. The first-order chi connectivity index (χ1) is 15.2. The fourth-order valence-electron chi connectivity index (χ4n) is 3.51. The molecule has 0 spiro atoms. The zero-order valence-corrected chi connectivity index (χ0v) is 17.7. The van der Waals surface area contributed by atoms with Gasteiger partial charge in [0.05, 0.1) is 0 Å². The fourth-order valence-corrected chi connectivity index (χ4v) is 3.51. The number of aliphatic imine (C=N–C) groups is 1. The van der Waals surface area contributed by atoms with Crippen LogP contribution in [0.4, 0.5) is 17.1 Å². The minimum atomic E-state index is -0.158. The van der Waals surface area contributed by atoms with E-state index in [-0.39, 0.29) is 5.91 Å². The number of carbonyl (C=O) groups is 1. The number of benzene rings is 3. The van der Waals surface area contributed by atoms with Crippen molar-refractivity contribution in [3.63, 3.8) is 0 Å². The molecule has 0 unspecified atom stereocenters. The van der Waals surface area contributed by atoms with Gasteiger partial charge in [0.25, 0.3) is 11.9 Å². The molecule has 3 aromatic carbocycles. The predicted molar refractivity (Wildman–Crippen MR) is 126 cm³/mol. The number of hydrogen-bond donors (Lipinski definition) is 0. The monoisotopic (exact) mass is 411 g/mol. The molecule has 1 aliphatic rings. The molecule has 5 heteroatoms. The third-order valence-electron chi connectivity index (χ3n) is 4.98. The lowest BCUT2D eigenvalue weighted by molar-refractivity contribution is -0.122. The van der Waals surface area contributed by atoms with Crippen LogP contribution >= 0.6 is 0 Å². The molecule has 0 aromatic heterocycles. The number of anilines is 3. The van der Waals surface area contributed by atoms with Gasteiger partial charge in [-0.1, -0.05) is 48.5 Å². The summed E-state index contributed by atoms with van der Waals surface area (Å²) in [7, 11) is 0. The highest BCUT2D eigenvalue weighted by molar-refractivity contribution is 6.11. The lowest BCUT2D eigenvalue weighted by Gasteiger charge is -2.25. The van der Waals surface area contributed by atoms with E-state index in [4.69, 9.17) is 4.74 Å². The van der Waals surface area contributed by atoms with Gasteiger partial charge in [0.1, 0.15) is 0 Å². The minimum absolute atomic E-state index is 0.158. The van der Waals surface area contributed by atoms with E-state index in [9.17, 15) is 4.79 Å². The summed E-state index contributed by atoms with van der Waals surface area (Å²) in [5.74, 6) is 0.138. The summed E-state index contributed by atoms with van der Waals surface area (Å²) >= 11 is 0. The maximum Gasteiger partial charge on any atom is 0.300 e. The van der Waals surface area contributed by atoms with Crippen LogP contribution in [0, 0.1) is 0 Å². The van der Waals surface area contributed by atoms with Crippen LogP contribution in [0.2, 0.25) is 0 Å². The summed E-state index contributed by atoms with van der Waals surface area (Å²) in [5.41, 5.74) is 4.07. The van der Waals surface area contributed by atoms with Gasteiger partial charge < -0.3 is 9.64 Å². The summed E-state index contributed by atoms with van der Waals surface area (Å²) < 4.78 is 5.71. The van der Waals surface area contributed by atoms with Crippen LogP contribution < -0.4 is 4.90 Å². The van der Waals surface area contributed by atoms with Crippen LogP contribution in [0.1, 0.15) is 19.4 Å². The van der Waals surface area contributed by atoms with Crippen LogP contribution in [0.5, 0.6) is 0 Å². The van der Waals surface area contributed by atoms with Crippen molar-refractivity contribution in [1.29, 1.82) is 0 Å². The van der Waals surface area contributed by atoms with Gasteiger partial charge in [-0.3, -0.25) is 9.69 Å². The van der Waals surface area contributed by atoms with Gasteiger partial charge in [0.2, 0.25) is 0 Å². The zero-order valence-electron chi connectivity index (χ0n) is 17.7. The van der Waals surface area contributed by atoms with Crippen molar-refractivity contribution in [1.82, 2.24) is 4.90 Å². The molecule has 0 radical (unpaired) electrons. The normalized spacial score (nSPS) is 16.1. The van der Waals surface area contributed by atoms with E-state index < -0.39 is 0 Å². The number of amidine groups is 1. The number of amides is 1. The highest BCUT2D eigenvalue weighted by Gasteiger charge is 2.33. The summed E-state index contributed by atoms with van der Waals surface area (Å²) in [6.07, 6.45) is 1.77. The van der Waals surface area contributed by atoms with Crippen LogP contribution in [0.25, 0.3) is 6.08 Å². The Hall–Kier alpha value is -3.86. The Kier molecular flexibility index (Phi) is 6.13. The molecule has 156 valence electrons. The van der Waals surface area contributed by atoms with E-state index in [0.29, 0.717) is 24.9 Å². The SMILES string of the molecule is CCN=C1O/C(=C/c2ccc(N(c3ccccc3)c3ccccc3)cc2)C(=O)N1CC. The molecule has 3 aromatic rings. The first kappa shape index (κ1) is 20.4. The topological polar surface area (TPSA) is 45.1 Å². The van der Waals surface area contributed by atoms with E-state index >= 15 is 0 Å². The molecule has 5 nitrogen and oxygen atoms in total. The fraction of sp³-hybridized carbons (Fsp3) is 0.154. The highest BCUT2D eigenvalue weighted by Crippen LogP contribution is 2.34. The number of nitrogens with zero attached hydrogens (tertiary/aromatic N) is 3. The number of ether oxygens (including phenoxy) is 1. The van der Waals surface area contributed by atoms with Gasteiger partial charge in [-0.25, -0.2) is 4.99 Å². The van der Waals surface area contributed by atoms with E-state index in [1.54, 1.807) is 11.0 Å². The Labute approximate surface area is 182 Å². The minimum Gasteiger partial charge on any atom is -0.420 e. The Morgan fingerprint density at radius 2 is 1.39 bits per heavy atom. The second kappa shape index (κ2) is 9.30. The molecular formula is C26H25N3O2. The van der Waals surface area contributed by atoms with E-state index in [2.05, 4.69) is 34.2 Å². The molecule has 0 N–H and O–H groups in total. The van der Waals surface area contributed by atoms with Gasteiger partial charge in [0.15, 0.2) is 5.76 Å². The average molecular weight is 412 g/mol. The Balaban J connectivity index is 1.65. The van der Waals surface area contributed by atoms with Crippen molar-refractivity contribution in [3.05, 3.63) is 96.3 Å². The number of rotatable bonds is 6. The van der Waals surface area contributed by atoms with Crippen LogP contribution in [0.15, 0.2) is 95.7 Å². The lowest BCUT2D eigenvalue weighted by Crippen LogP contribution is -2.29. The van der Waals surface area contributed by atoms with Crippen molar-refractivity contribution in [2.75, 3.05) is 18.0 Å². The van der Waals surface area contributed by atoms with Crippen molar-refractivity contribution < 1.29 is 9.53 Å². The average Bonchev–Trinajstić information content (AvgIpc) is 3.10. The van der Waals surface area contributed by atoms with Crippen LogP contribution in [-0.2, 0) is 9.53 Å². The standard InChI is InChI=1S/C26H25N3O2/c1-3-27-26-28(4-2)25(30)24(31-26)19-20-15-17-23(18-16-20)29(21-11-7-5-8-12-21)22-13-9-6-10-14-22/h5-19H,3-4H2,1-2H3/b24-19+,27-26?. The lowest BCUT2D eigenvalue weighted by atomic mass is 10.1. The van der Waals surface area contributed by atoms with E-state index in [1.165, 1.54) is 0 Å². The third kappa shape index (κ3) is 4.36. The molecule has 0 atom stereocenters. The summed E-state index contributed by atoms with van der Waals surface area (Å²) in [4.78, 5) is 20.6. The molecule has 0 saturated carbocycles. The Morgan fingerprint density at radius 3 is 1.90 bits per heavy atom. The maximum absolute atomic E-state index is 12.6. The molecule has 1 fully saturated rings. The first-order valence-corrected chi connectivity index (χ1v) is 10.5. The van der Waals surface area contributed by atoms with Crippen molar-refractivity contribution in [2.24, 2.45) is 4.99 Å². The van der Waals surface area contributed by atoms with Gasteiger partial charge in [-0.05, 0) is 61.9 Å². The molecule has 1 amide bonds. The smallest absolute Gasteiger partial charge is 0.300 e. The number of hydrogen-bond acceptors (Lipinski definition) is 4. The predicted octanol–water partition coefficient (Wildman–Crippen LogP) is 5.75. The van der Waals surface area contributed by atoms with Crippen molar-refractivity contribution in [3.8, 4) is 0 Å². The Morgan fingerprint density at radius 1 is 0.839 bits per heavy atom. The molecule has 0 bridgehead atoms. The second-order valence-corrected chi connectivity index (χ2v) is 7.02. The maximum atomic E-state index is 12.6. The number of para-hydroxylation sites is 2. The highest BCUT2D eigenvalue weighted by atomic mass is 16.5. The van der Waals surface area contributed by atoms with Gasteiger partial charge >= 0.3 is 0 Å². The second-order valence-electron chi connectivity index (χ2n) is 7.02. The molecule has 4 rings (SSSR count). The third-order valence-corrected chi connectivity index (χ3v) is 4.98. The Bertz CT molecular complexity index is 1050. The summed E-state index contributed by atoms with van der Waals surface area (Å²) in [6.45, 7) is 4.92. The molecule has 1 aliphatic heterocycles. The van der Waals surface area contributed by atoms with Gasteiger partial charge in [-0.2, -0.15) is 0 Å². The molecular weight excluding hydrogens is 386 g/mol. The van der Waals surface area contributed by atoms with Gasteiger partial charge in [0, 0.05) is 30.2 Å². The molecule has 31 heavy (non-hydrogen) atoms. The van der Waals surface area contributed by atoms with E-state index in [0.717, 1.165) is 22.6 Å². The number of likely N-dealkylation sites (N-methyl/N-ethyl adjacent to an activating group) is 1. The van der Waals surface area contributed by atoms with Crippen molar-refractivity contribution >= 4 is 35.1 Å².